The molecule has 0 radical (unpaired) electrons. The third-order valence-electron chi connectivity index (χ3n) is 1.94. The molecule has 0 bridgehead atoms. The molecular formula is C10H6BrNS2. The van der Waals surface area contributed by atoms with E-state index in [4.69, 9.17) is 5.26 Å². The van der Waals surface area contributed by atoms with Gasteiger partial charge >= 0.3 is 0 Å². The number of nitrogens with zero attached hydrogens (tertiary/aromatic N) is 1. The molecule has 0 aliphatic heterocycles. The maximum absolute atomic E-state index is 8.78. The molecule has 0 saturated carbocycles. The van der Waals surface area contributed by atoms with E-state index in [1.807, 2.05) is 12.1 Å². The van der Waals surface area contributed by atoms with Gasteiger partial charge in [-0.1, -0.05) is 15.9 Å². The summed E-state index contributed by atoms with van der Waals surface area (Å²) in [5, 5.41) is 10.7. The lowest BCUT2D eigenvalue weighted by molar-refractivity contribution is 1.41. The van der Waals surface area contributed by atoms with Crippen LogP contribution in [0.25, 0.3) is 10.1 Å². The largest absolute Gasteiger partial charge is 0.192 e. The Labute approximate surface area is 99.9 Å². The number of thiophene rings is 1. The lowest BCUT2D eigenvalue weighted by atomic mass is 10.2. The maximum atomic E-state index is 8.78. The summed E-state index contributed by atoms with van der Waals surface area (Å²) >= 11 is 9.32. The zero-order chi connectivity index (χ0) is 10.1. The van der Waals surface area contributed by atoms with Gasteiger partial charge in [-0.05, 0) is 23.8 Å². The molecule has 0 N–H and O–H groups in total. The minimum Gasteiger partial charge on any atom is -0.192 e. The molecule has 0 unspecified atom stereocenters. The van der Waals surface area contributed by atoms with Gasteiger partial charge in [-0.25, -0.2) is 0 Å². The van der Waals surface area contributed by atoms with Gasteiger partial charge in [0.25, 0.3) is 0 Å². The monoisotopic (exact) mass is 283 g/mol. The molecule has 0 aliphatic rings. The zero-order valence-corrected chi connectivity index (χ0v) is 10.4. The maximum Gasteiger partial charge on any atom is 0.110 e. The van der Waals surface area contributed by atoms with Crippen molar-refractivity contribution in [3.8, 4) is 6.07 Å². The summed E-state index contributed by atoms with van der Waals surface area (Å²) in [6, 6.07) is 8.16. The summed E-state index contributed by atoms with van der Waals surface area (Å²) < 4.78 is 1.13. The van der Waals surface area contributed by atoms with Crippen LogP contribution in [0.5, 0.6) is 0 Å². The van der Waals surface area contributed by atoms with E-state index >= 15 is 0 Å². The molecule has 0 amide bonds. The topological polar surface area (TPSA) is 23.8 Å². The van der Waals surface area contributed by atoms with Crippen molar-refractivity contribution in [1.82, 2.24) is 0 Å². The number of benzene rings is 1. The van der Waals surface area contributed by atoms with Crippen molar-refractivity contribution < 1.29 is 0 Å². The first-order valence-corrected chi connectivity index (χ1v) is 6.34. The van der Waals surface area contributed by atoms with Crippen LogP contribution in [0.1, 0.15) is 10.4 Å². The molecule has 0 atom stereocenters. The van der Waals surface area contributed by atoms with Crippen LogP contribution in [0.15, 0.2) is 23.1 Å². The van der Waals surface area contributed by atoms with Gasteiger partial charge in [-0.3, -0.25) is 0 Å². The van der Waals surface area contributed by atoms with Gasteiger partial charge in [-0.2, -0.15) is 5.26 Å². The first-order valence-electron chi connectivity index (χ1n) is 3.96. The molecule has 0 aliphatic carbocycles. The van der Waals surface area contributed by atoms with E-state index in [1.165, 1.54) is 16.9 Å². The van der Waals surface area contributed by atoms with Crippen molar-refractivity contribution in [2.24, 2.45) is 0 Å². The molecule has 2 rings (SSSR count). The molecule has 14 heavy (non-hydrogen) atoms. The normalized spacial score (nSPS) is 10.4. The highest BCUT2D eigenvalue weighted by Gasteiger charge is 2.05. The summed E-state index contributed by atoms with van der Waals surface area (Å²) in [5.41, 5.74) is 1.19. The molecule has 1 aromatic heterocycles. The van der Waals surface area contributed by atoms with Gasteiger partial charge in [0.2, 0.25) is 0 Å². The summed E-state index contributed by atoms with van der Waals surface area (Å²) in [4.78, 5) is 1.68. The summed E-state index contributed by atoms with van der Waals surface area (Å²) in [7, 11) is 0. The highest BCUT2D eigenvalue weighted by atomic mass is 79.9. The molecule has 0 saturated heterocycles. The average Bonchev–Trinajstić information content (AvgIpc) is 2.61. The van der Waals surface area contributed by atoms with Crippen LogP contribution in [0.4, 0.5) is 0 Å². The van der Waals surface area contributed by atoms with Gasteiger partial charge in [0.15, 0.2) is 0 Å². The predicted molar refractivity (Wildman–Crippen MR) is 66.4 cm³/mol. The van der Waals surface area contributed by atoms with Crippen LogP contribution >= 0.6 is 39.9 Å². The van der Waals surface area contributed by atoms with Crippen molar-refractivity contribution in [3.63, 3.8) is 0 Å². The van der Waals surface area contributed by atoms with Gasteiger partial charge in [0.1, 0.15) is 10.9 Å². The molecule has 1 heterocycles. The lowest BCUT2D eigenvalue weighted by Gasteiger charge is -1.98. The lowest BCUT2D eigenvalue weighted by Crippen LogP contribution is -1.77. The fraction of sp³-hybridized carbons (Fsp3) is 0.100. The number of thiol groups is 1. The van der Waals surface area contributed by atoms with Crippen molar-refractivity contribution in [2.45, 2.75) is 10.2 Å². The Bertz CT molecular complexity index is 525. The number of alkyl halides is 1. The van der Waals surface area contributed by atoms with Crippen LogP contribution in [-0.2, 0) is 5.33 Å². The second kappa shape index (κ2) is 3.93. The van der Waals surface area contributed by atoms with Crippen LogP contribution in [0.2, 0.25) is 0 Å². The molecule has 2 aromatic rings. The van der Waals surface area contributed by atoms with E-state index in [2.05, 4.69) is 40.7 Å². The second-order valence-electron chi connectivity index (χ2n) is 2.88. The number of fused-ring (bicyclic) bond motifs is 1. The fourth-order valence-corrected chi connectivity index (χ4v) is 3.01. The zero-order valence-electron chi connectivity index (χ0n) is 7.12. The van der Waals surface area contributed by atoms with E-state index < -0.39 is 0 Å². The standard InChI is InChI=1S/C10H6BrNS2/c11-4-6-1-9(13)8-3-7(5-12)14-10(8)2-6/h1-3,13H,4H2. The molecule has 4 heteroatoms. The van der Waals surface area contributed by atoms with Gasteiger partial charge in [0.05, 0.1) is 0 Å². The highest BCUT2D eigenvalue weighted by Crippen LogP contribution is 2.31. The Morgan fingerprint density at radius 2 is 2.21 bits per heavy atom. The molecular weight excluding hydrogens is 278 g/mol. The number of rotatable bonds is 1. The van der Waals surface area contributed by atoms with E-state index in [0.29, 0.717) is 0 Å². The van der Waals surface area contributed by atoms with Crippen molar-refractivity contribution >= 4 is 50.0 Å². The Morgan fingerprint density at radius 3 is 2.86 bits per heavy atom. The Hall–Kier alpha value is -0.500. The molecule has 0 fully saturated rings. The van der Waals surface area contributed by atoms with E-state index in [1.54, 1.807) is 0 Å². The third kappa shape index (κ3) is 1.68. The van der Waals surface area contributed by atoms with E-state index in [-0.39, 0.29) is 0 Å². The van der Waals surface area contributed by atoms with E-state index in [0.717, 1.165) is 25.2 Å². The third-order valence-corrected chi connectivity index (χ3v) is 3.94. The first kappa shape index (κ1) is 10.0. The fourth-order valence-electron chi connectivity index (χ4n) is 1.31. The van der Waals surface area contributed by atoms with Gasteiger partial charge in [0, 0.05) is 20.3 Å². The van der Waals surface area contributed by atoms with Crippen LogP contribution in [0.3, 0.4) is 0 Å². The summed E-state index contributed by atoms with van der Waals surface area (Å²) in [5.74, 6) is 0. The molecule has 1 aromatic carbocycles. The summed E-state index contributed by atoms with van der Waals surface area (Å²) in [6.07, 6.45) is 0. The van der Waals surface area contributed by atoms with Crippen molar-refractivity contribution in [1.29, 1.82) is 5.26 Å². The SMILES string of the molecule is N#Cc1cc2c(S)cc(CBr)cc2s1. The number of halogens is 1. The predicted octanol–water partition coefficient (Wildman–Crippen LogP) is 3.96. The van der Waals surface area contributed by atoms with Crippen LogP contribution in [-0.4, -0.2) is 0 Å². The van der Waals surface area contributed by atoms with Crippen LogP contribution < -0.4 is 0 Å². The first-order chi connectivity index (χ1) is 6.74. The minimum absolute atomic E-state index is 0.738. The van der Waals surface area contributed by atoms with Gasteiger partial charge < -0.3 is 0 Å². The number of hydrogen-bond acceptors (Lipinski definition) is 3. The molecule has 70 valence electrons. The Kier molecular flexibility index (Phi) is 2.82. The van der Waals surface area contributed by atoms with Crippen molar-refractivity contribution in [2.75, 3.05) is 0 Å². The van der Waals surface area contributed by atoms with E-state index in [9.17, 15) is 0 Å². The second-order valence-corrected chi connectivity index (χ2v) is 5.01. The Balaban J connectivity index is 2.75. The molecule has 0 spiro atoms. The quantitative estimate of drug-likeness (QED) is 0.622. The Morgan fingerprint density at radius 1 is 1.43 bits per heavy atom. The summed E-state index contributed by atoms with van der Waals surface area (Å²) in [6.45, 7) is 0. The van der Waals surface area contributed by atoms with Crippen LogP contribution in [0, 0.1) is 11.3 Å². The number of hydrogen-bond donors (Lipinski definition) is 1. The highest BCUT2D eigenvalue weighted by molar-refractivity contribution is 9.08. The molecule has 1 nitrogen and oxygen atoms in total. The smallest absolute Gasteiger partial charge is 0.110 e. The van der Waals surface area contributed by atoms with Gasteiger partial charge in [-0.15, -0.1) is 24.0 Å². The number of nitriles is 1. The minimum atomic E-state index is 0.738. The average molecular weight is 284 g/mol. The van der Waals surface area contributed by atoms with Crippen molar-refractivity contribution in [3.05, 3.63) is 28.6 Å².